The Kier molecular flexibility index (Phi) is 7.28. The van der Waals surface area contributed by atoms with Gasteiger partial charge < -0.3 is 24.4 Å². The molecule has 166 valence electrons. The van der Waals surface area contributed by atoms with Gasteiger partial charge in [-0.25, -0.2) is 0 Å². The van der Waals surface area contributed by atoms with Crippen LogP contribution in [0.5, 0.6) is 5.75 Å². The number of amides is 2. The van der Waals surface area contributed by atoms with Gasteiger partial charge in [0.05, 0.1) is 13.7 Å². The summed E-state index contributed by atoms with van der Waals surface area (Å²) in [7, 11) is 1.57. The maximum atomic E-state index is 12.9. The van der Waals surface area contributed by atoms with Crippen LogP contribution in [0.3, 0.4) is 0 Å². The normalized spacial score (nSPS) is 10.4. The summed E-state index contributed by atoms with van der Waals surface area (Å²) in [6.07, 6.45) is 4.35. The first-order valence-electron chi connectivity index (χ1n) is 10.0. The Morgan fingerprint density at radius 2 is 1.72 bits per heavy atom. The summed E-state index contributed by atoms with van der Waals surface area (Å²) in [5.74, 6) is 0.919. The summed E-state index contributed by atoms with van der Waals surface area (Å²) in [4.78, 5) is 38.3. The second-order valence-electron chi connectivity index (χ2n) is 7.13. The standard InChI is InChI=1S/C24H25N3O5/c1-4-11-25-23(29)20-14-27(13-19-8-5-16(2)32-19)15-21(22(20)28)24(30)26-12-17-6-9-18(31-3)10-7-17/h4-10,14-15H,1,11-13H2,2-3H3,(H,25,29)(H,26,30). The van der Waals surface area contributed by atoms with Crippen molar-refractivity contribution < 1.29 is 18.7 Å². The van der Waals surface area contributed by atoms with Gasteiger partial charge in [0.25, 0.3) is 11.8 Å². The van der Waals surface area contributed by atoms with Crippen molar-refractivity contribution >= 4 is 11.8 Å². The number of carbonyl (C=O) groups is 2. The van der Waals surface area contributed by atoms with E-state index in [1.54, 1.807) is 29.9 Å². The number of nitrogens with zero attached hydrogens (tertiary/aromatic N) is 1. The van der Waals surface area contributed by atoms with Gasteiger partial charge in [0.1, 0.15) is 28.4 Å². The maximum Gasteiger partial charge on any atom is 0.257 e. The van der Waals surface area contributed by atoms with Gasteiger partial charge in [-0.2, -0.15) is 0 Å². The number of ether oxygens (including phenoxy) is 1. The molecular weight excluding hydrogens is 410 g/mol. The molecule has 32 heavy (non-hydrogen) atoms. The predicted octanol–water partition coefficient (Wildman–Crippen LogP) is 2.65. The molecule has 0 radical (unpaired) electrons. The quantitative estimate of drug-likeness (QED) is 0.503. The van der Waals surface area contributed by atoms with E-state index in [2.05, 4.69) is 17.2 Å². The van der Waals surface area contributed by atoms with E-state index in [0.29, 0.717) is 11.5 Å². The van der Waals surface area contributed by atoms with Crippen molar-refractivity contribution in [3.05, 3.63) is 99.9 Å². The van der Waals surface area contributed by atoms with Crippen molar-refractivity contribution in [3.8, 4) is 5.75 Å². The lowest BCUT2D eigenvalue weighted by Gasteiger charge is -2.12. The number of carbonyl (C=O) groups excluding carboxylic acids is 2. The summed E-state index contributed by atoms with van der Waals surface area (Å²) in [6.45, 7) is 6.04. The molecule has 3 rings (SSSR count). The summed E-state index contributed by atoms with van der Waals surface area (Å²) in [6, 6.07) is 10.8. The summed E-state index contributed by atoms with van der Waals surface area (Å²) in [5, 5.41) is 5.32. The maximum absolute atomic E-state index is 12.9. The summed E-state index contributed by atoms with van der Waals surface area (Å²) >= 11 is 0. The lowest BCUT2D eigenvalue weighted by atomic mass is 10.1. The molecule has 0 saturated heterocycles. The minimum Gasteiger partial charge on any atom is -0.497 e. The van der Waals surface area contributed by atoms with Gasteiger partial charge in [-0.05, 0) is 36.8 Å². The van der Waals surface area contributed by atoms with Crippen LogP contribution in [-0.2, 0) is 13.1 Å². The van der Waals surface area contributed by atoms with Gasteiger partial charge >= 0.3 is 0 Å². The molecule has 0 fully saturated rings. The highest BCUT2D eigenvalue weighted by molar-refractivity contribution is 5.99. The third-order valence-electron chi connectivity index (χ3n) is 4.72. The van der Waals surface area contributed by atoms with Crippen molar-refractivity contribution in [1.29, 1.82) is 0 Å². The number of aryl methyl sites for hydroxylation is 1. The Morgan fingerprint density at radius 1 is 1.06 bits per heavy atom. The molecule has 8 nitrogen and oxygen atoms in total. The SMILES string of the molecule is C=CCNC(=O)c1cn(Cc2ccc(C)o2)cc(C(=O)NCc2ccc(OC)cc2)c1=O. The van der Waals surface area contributed by atoms with E-state index < -0.39 is 17.2 Å². The number of pyridine rings is 1. The Morgan fingerprint density at radius 3 is 2.28 bits per heavy atom. The third-order valence-corrected chi connectivity index (χ3v) is 4.72. The van der Waals surface area contributed by atoms with Crippen LogP contribution >= 0.6 is 0 Å². The Labute approximate surface area is 185 Å². The van der Waals surface area contributed by atoms with Crippen LogP contribution in [0.2, 0.25) is 0 Å². The molecule has 0 aliphatic rings. The van der Waals surface area contributed by atoms with Crippen molar-refractivity contribution in [2.45, 2.75) is 20.0 Å². The highest BCUT2D eigenvalue weighted by atomic mass is 16.5. The van der Waals surface area contributed by atoms with Crippen LogP contribution in [0, 0.1) is 6.92 Å². The number of rotatable bonds is 9. The summed E-state index contributed by atoms with van der Waals surface area (Å²) in [5.41, 5.74) is -0.0728. The van der Waals surface area contributed by atoms with Gasteiger partial charge in [-0.15, -0.1) is 6.58 Å². The van der Waals surface area contributed by atoms with E-state index in [4.69, 9.17) is 9.15 Å². The zero-order valence-electron chi connectivity index (χ0n) is 18.0. The average Bonchev–Trinajstić information content (AvgIpc) is 3.21. The molecule has 2 amide bonds. The monoisotopic (exact) mass is 435 g/mol. The van der Waals surface area contributed by atoms with Crippen LogP contribution in [0.15, 0.2) is 70.7 Å². The first-order chi connectivity index (χ1) is 15.4. The number of hydrogen-bond acceptors (Lipinski definition) is 5. The molecular formula is C24H25N3O5. The molecule has 0 spiro atoms. The van der Waals surface area contributed by atoms with Gasteiger partial charge in [0, 0.05) is 25.5 Å². The molecule has 8 heteroatoms. The molecule has 3 aromatic rings. The Hall–Kier alpha value is -4.07. The van der Waals surface area contributed by atoms with E-state index in [9.17, 15) is 14.4 Å². The van der Waals surface area contributed by atoms with Crippen LogP contribution in [0.1, 0.15) is 37.8 Å². The van der Waals surface area contributed by atoms with Crippen LogP contribution in [0.4, 0.5) is 0 Å². The molecule has 2 N–H and O–H groups in total. The lowest BCUT2D eigenvalue weighted by Crippen LogP contribution is -2.35. The first-order valence-corrected chi connectivity index (χ1v) is 10.0. The molecule has 0 aliphatic carbocycles. The predicted molar refractivity (Wildman–Crippen MR) is 120 cm³/mol. The van der Waals surface area contributed by atoms with Crippen LogP contribution in [0.25, 0.3) is 0 Å². The Bertz CT molecular complexity index is 1180. The van der Waals surface area contributed by atoms with Crippen LogP contribution in [-0.4, -0.2) is 30.0 Å². The van der Waals surface area contributed by atoms with Gasteiger partial charge in [-0.1, -0.05) is 18.2 Å². The van der Waals surface area contributed by atoms with Crippen molar-refractivity contribution in [2.24, 2.45) is 0 Å². The van der Waals surface area contributed by atoms with Crippen molar-refractivity contribution in [3.63, 3.8) is 0 Å². The number of aromatic nitrogens is 1. The minimum absolute atomic E-state index is 0.131. The lowest BCUT2D eigenvalue weighted by molar-refractivity contribution is 0.0948. The van der Waals surface area contributed by atoms with E-state index in [0.717, 1.165) is 11.3 Å². The number of nitrogens with one attached hydrogen (secondary N) is 2. The third kappa shape index (κ3) is 5.54. The largest absolute Gasteiger partial charge is 0.497 e. The number of benzene rings is 1. The molecule has 1 aromatic carbocycles. The first kappa shape index (κ1) is 22.6. The van der Waals surface area contributed by atoms with Gasteiger partial charge in [0.2, 0.25) is 5.43 Å². The Balaban J connectivity index is 1.87. The second kappa shape index (κ2) is 10.3. The molecule has 0 unspecified atom stereocenters. The van der Waals surface area contributed by atoms with Crippen LogP contribution < -0.4 is 20.8 Å². The highest BCUT2D eigenvalue weighted by Crippen LogP contribution is 2.12. The number of furan rings is 1. The molecule has 0 bridgehead atoms. The van der Waals surface area contributed by atoms with Crippen molar-refractivity contribution in [1.82, 2.24) is 15.2 Å². The average molecular weight is 435 g/mol. The number of methoxy groups -OCH3 is 1. The fourth-order valence-electron chi connectivity index (χ4n) is 3.08. The zero-order chi connectivity index (χ0) is 23.1. The minimum atomic E-state index is -0.648. The highest BCUT2D eigenvalue weighted by Gasteiger charge is 2.19. The van der Waals surface area contributed by atoms with E-state index in [-0.39, 0.29) is 30.8 Å². The van der Waals surface area contributed by atoms with Gasteiger partial charge in [-0.3, -0.25) is 14.4 Å². The fraction of sp³-hybridized carbons (Fsp3) is 0.208. The molecule has 2 aromatic heterocycles. The zero-order valence-corrected chi connectivity index (χ0v) is 18.0. The van der Waals surface area contributed by atoms with E-state index in [1.807, 2.05) is 25.1 Å². The summed E-state index contributed by atoms with van der Waals surface area (Å²) < 4.78 is 12.3. The second-order valence-corrected chi connectivity index (χ2v) is 7.13. The van der Waals surface area contributed by atoms with E-state index >= 15 is 0 Å². The van der Waals surface area contributed by atoms with Crippen molar-refractivity contribution in [2.75, 3.05) is 13.7 Å². The van der Waals surface area contributed by atoms with E-state index in [1.165, 1.54) is 18.5 Å². The number of hydrogen-bond donors (Lipinski definition) is 2. The molecule has 0 aliphatic heterocycles. The smallest absolute Gasteiger partial charge is 0.257 e. The molecule has 2 heterocycles. The molecule has 0 saturated carbocycles. The topological polar surface area (TPSA) is 103 Å². The molecule has 0 atom stereocenters. The van der Waals surface area contributed by atoms with Gasteiger partial charge in [0.15, 0.2) is 0 Å². The fourth-order valence-corrected chi connectivity index (χ4v) is 3.08.